The molecule has 2 rings (SSSR count). The molecule has 1 atom stereocenters. The lowest BCUT2D eigenvalue weighted by Crippen LogP contribution is -2.53. The van der Waals surface area contributed by atoms with Crippen molar-refractivity contribution in [2.45, 2.75) is 26.4 Å². The van der Waals surface area contributed by atoms with E-state index < -0.39 is 0 Å². The summed E-state index contributed by atoms with van der Waals surface area (Å²) < 4.78 is 1.56. The normalized spacial score (nSPS) is 17.0. The Morgan fingerprint density at radius 1 is 1.32 bits per heavy atom. The van der Waals surface area contributed by atoms with Crippen LogP contribution >= 0.6 is 0 Å². The largest absolute Gasteiger partial charge is 0.339 e. The van der Waals surface area contributed by atoms with Gasteiger partial charge in [0, 0.05) is 38.6 Å². The number of amides is 1. The van der Waals surface area contributed by atoms with Gasteiger partial charge in [-0.15, -0.1) is 0 Å². The van der Waals surface area contributed by atoms with Gasteiger partial charge in [0.1, 0.15) is 18.7 Å². The van der Waals surface area contributed by atoms with Crippen LogP contribution in [0.15, 0.2) is 12.4 Å². The number of carbonyl (C=O) groups is 1. The van der Waals surface area contributed by atoms with Crippen LogP contribution in [0.2, 0.25) is 0 Å². The minimum atomic E-state index is -0.101. The quantitative estimate of drug-likeness (QED) is 0.805. The summed E-state index contributed by atoms with van der Waals surface area (Å²) in [6.45, 7) is 6.84. The summed E-state index contributed by atoms with van der Waals surface area (Å²) in [4.78, 5) is 20.1. The molecule has 22 heavy (non-hydrogen) atoms. The Balaban J connectivity index is 1.91. The van der Waals surface area contributed by atoms with Crippen LogP contribution in [-0.4, -0.2) is 57.5 Å². The monoisotopic (exact) mass is 300 g/mol. The molecule has 1 aliphatic rings. The number of nitriles is 2. The Morgan fingerprint density at radius 2 is 2.00 bits per heavy atom. The van der Waals surface area contributed by atoms with E-state index in [1.54, 1.807) is 15.7 Å². The molecule has 1 amide bonds. The first-order chi connectivity index (χ1) is 10.6. The summed E-state index contributed by atoms with van der Waals surface area (Å²) in [5.74, 6) is 0.500. The van der Waals surface area contributed by atoms with E-state index in [1.165, 1.54) is 6.20 Å². The number of piperazine rings is 1. The predicted octanol–water partition coefficient (Wildman–Crippen LogP) is 0.447. The molecule has 1 aromatic heterocycles. The predicted molar refractivity (Wildman–Crippen MR) is 79.3 cm³/mol. The molecule has 1 aromatic rings. The van der Waals surface area contributed by atoms with Crippen molar-refractivity contribution in [3.05, 3.63) is 18.2 Å². The van der Waals surface area contributed by atoms with Crippen molar-refractivity contribution in [2.75, 3.05) is 26.2 Å². The second-order valence-corrected chi connectivity index (χ2v) is 5.73. The van der Waals surface area contributed by atoms with E-state index in [1.807, 2.05) is 19.9 Å². The minimum Gasteiger partial charge on any atom is -0.339 e. The van der Waals surface area contributed by atoms with Gasteiger partial charge in [0.25, 0.3) is 0 Å². The van der Waals surface area contributed by atoms with E-state index in [-0.39, 0.29) is 30.2 Å². The van der Waals surface area contributed by atoms with Gasteiger partial charge in [-0.3, -0.25) is 9.69 Å². The van der Waals surface area contributed by atoms with E-state index in [4.69, 9.17) is 5.26 Å². The van der Waals surface area contributed by atoms with Crippen molar-refractivity contribution in [3.8, 4) is 12.1 Å². The third-order valence-electron chi connectivity index (χ3n) is 3.95. The Bertz CT molecular complexity index is 600. The molecule has 0 bridgehead atoms. The van der Waals surface area contributed by atoms with Gasteiger partial charge in [-0.05, 0) is 5.92 Å². The number of nitrogens with zero attached hydrogens (tertiary/aromatic N) is 6. The highest BCUT2D eigenvalue weighted by Crippen LogP contribution is 2.13. The Kier molecular flexibility index (Phi) is 5.13. The first-order valence-electron chi connectivity index (χ1n) is 7.39. The molecule has 0 radical (unpaired) electrons. The summed E-state index contributed by atoms with van der Waals surface area (Å²) in [5.41, 5.74) is 0. The van der Waals surface area contributed by atoms with Crippen molar-refractivity contribution >= 4 is 5.91 Å². The molecule has 2 heterocycles. The number of hydrogen-bond donors (Lipinski definition) is 0. The first-order valence-corrected chi connectivity index (χ1v) is 7.39. The fourth-order valence-electron chi connectivity index (χ4n) is 2.70. The lowest BCUT2D eigenvalue weighted by atomic mass is 10.0. The van der Waals surface area contributed by atoms with Crippen molar-refractivity contribution in [2.24, 2.45) is 5.92 Å². The highest BCUT2D eigenvalue weighted by molar-refractivity contribution is 5.76. The lowest BCUT2D eigenvalue weighted by molar-refractivity contribution is -0.133. The number of hydrogen-bond acceptors (Lipinski definition) is 5. The van der Waals surface area contributed by atoms with Crippen LogP contribution < -0.4 is 0 Å². The van der Waals surface area contributed by atoms with Crippen molar-refractivity contribution < 1.29 is 4.79 Å². The summed E-state index contributed by atoms with van der Waals surface area (Å²) >= 11 is 0. The zero-order chi connectivity index (χ0) is 16.1. The zero-order valence-corrected chi connectivity index (χ0v) is 12.9. The number of imidazole rings is 1. The van der Waals surface area contributed by atoms with Crippen LogP contribution in [0.5, 0.6) is 0 Å². The molecule has 7 heteroatoms. The SMILES string of the molecule is CC(C)[C@H](C#N)N1CCN(C(=O)Cn2ccnc2C#N)CC1. The molecule has 1 aliphatic heterocycles. The van der Waals surface area contributed by atoms with Gasteiger partial charge < -0.3 is 9.47 Å². The Hall–Kier alpha value is -2.38. The summed E-state index contributed by atoms with van der Waals surface area (Å²) in [5, 5.41) is 18.1. The van der Waals surface area contributed by atoms with E-state index >= 15 is 0 Å². The summed E-state index contributed by atoms with van der Waals surface area (Å²) in [7, 11) is 0. The van der Waals surface area contributed by atoms with Crippen molar-refractivity contribution in [1.29, 1.82) is 10.5 Å². The van der Waals surface area contributed by atoms with Crippen LogP contribution in [0.4, 0.5) is 0 Å². The fourth-order valence-corrected chi connectivity index (χ4v) is 2.70. The second kappa shape index (κ2) is 7.06. The maximum Gasteiger partial charge on any atom is 0.242 e. The van der Waals surface area contributed by atoms with Crippen LogP contribution in [0.3, 0.4) is 0 Å². The minimum absolute atomic E-state index is 0.0211. The fraction of sp³-hybridized carbons (Fsp3) is 0.600. The van der Waals surface area contributed by atoms with E-state index in [0.29, 0.717) is 26.2 Å². The van der Waals surface area contributed by atoms with E-state index in [9.17, 15) is 10.1 Å². The summed E-state index contributed by atoms with van der Waals surface area (Å²) in [6.07, 6.45) is 3.15. The van der Waals surface area contributed by atoms with Gasteiger partial charge in [0.2, 0.25) is 11.7 Å². The molecule has 0 unspecified atom stereocenters. The lowest BCUT2D eigenvalue weighted by Gasteiger charge is -2.38. The van der Waals surface area contributed by atoms with E-state index in [2.05, 4.69) is 16.0 Å². The van der Waals surface area contributed by atoms with Gasteiger partial charge in [-0.25, -0.2) is 4.98 Å². The average Bonchev–Trinajstić information content (AvgIpc) is 2.95. The number of aromatic nitrogens is 2. The second-order valence-electron chi connectivity index (χ2n) is 5.73. The standard InChI is InChI=1S/C15H20N6O/c1-12(2)13(9-16)19-5-7-20(8-6-19)15(22)11-21-4-3-18-14(21)10-17/h3-4,12-13H,5-8,11H2,1-2H3/t13-/m0/s1. The molecule has 7 nitrogen and oxygen atoms in total. The van der Waals surface area contributed by atoms with Crippen LogP contribution in [0.25, 0.3) is 0 Å². The van der Waals surface area contributed by atoms with E-state index in [0.717, 1.165) is 0 Å². The molecular weight excluding hydrogens is 280 g/mol. The molecule has 0 spiro atoms. The van der Waals surface area contributed by atoms with Crippen molar-refractivity contribution in [3.63, 3.8) is 0 Å². The van der Waals surface area contributed by atoms with Gasteiger partial charge in [0.05, 0.1) is 6.07 Å². The molecule has 0 aromatic carbocycles. The molecule has 1 saturated heterocycles. The third kappa shape index (κ3) is 3.44. The highest BCUT2D eigenvalue weighted by atomic mass is 16.2. The third-order valence-corrected chi connectivity index (χ3v) is 3.95. The smallest absolute Gasteiger partial charge is 0.242 e. The van der Waals surface area contributed by atoms with Crippen LogP contribution in [-0.2, 0) is 11.3 Å². The average molecular weight is 300 g/mol. The highest BCUT2D eigenvalue weighted by Gasteiger charge is 2.27. The van der Waals surface area contributed by atoms with Gasteiger partial charge >= 0.3 is 0 Å². The number of rotatable bonds is 4. The molecule has 0 aliphatic carbocycles. The zero-order valence-electron chi connectivity index (χ0n) is 12.9. The maximum atomic E-state index is 12.3. The number of carbonyl (C=O) groups excluding carboxylic acids is 1. The van der Waals surface area contributed by atoms with Gasteiger partial charge in [-0.1, -0.05) is 13.8 Å². The molecule has 0 N–H and O–H groups in total. The topological polar surface area (TPSA) is 88.9 Å². The molecule has 1 fully saturated rings. The van der Waals surface area contributed by atoms with Gasteiger partial charge in [0.15, 0.2) is 0 Å². The molecule has 116 valence electrons. The van der Waals surface area contributed by atoms with Crippen molar-refractivity contribution in [1.82, 2.24) is 19.4 Å². The van der Waals surface area contributed by atoms with Gasteiger partial charge in [-0.2, -0.15) is 10.5 Å². The first kappa shape index (κ1) is 16.0. The molecular formula is C15H20N6O. The Morgan fingerprint density at radius 3 is 2.55 bits per heavy atom. The Labute approximate surface area is 130 Å². The summed E-state index contributed by atoms with van der Waals surface area (Å²) in [6, 6.07) is 4.20. The maximum absolute atomic E-state index is 12.3. The molecule has 0 saturated carbocycles. The van der Waals surface area contributed by atoms with Crippen LogP contribution in [0, 0.1) is 28.6 Å². The van der Waals surface area contributed by atoms with Crippen LogP contribution in [0.1, 0.15) is 19.7 Å².